The van der Waals surface area contributed by atoms with Crippen LogP contribution in [0.3, 0.4) is 0 Å². The molecule has 1 aromatic carbocycles. The van der Waals surface area contributed by atoms with Crippen molar-refractivity contribution < 1.29 is 9.26 Å². The lowest BCUT2D eigenvalue weighted by molar-refractivity contribution is 0.284. The SMILES string of the molecule is Cc1cc(COc2c(C)cc(CCN)cc2C)no1. The summed E-state index contributed by atoms with van der Waals surface area (Å²) in [4.78, 5) is 0. The molecule has 4 nitrogen and oxygen atoms in total. The number of aryl methyl sites for hydroxylation is 3. The van der Waals surface area contributed by atoms with Crippen LogP contribution in [0.25, 0.3) is 0 Å². The number of aromatic nitrogens is 1. The van der Waals surface area contributed by atoms with E-state index in [0.717, 1.165) is 34.8 Å². The summed E-state index contributed by atoms with van der Waals surface area (Å²) in [7, 11) is 0. The molecule has 0 saturated carbocycles. The summed E-state index contributed by atoms with van der Waals surface area (Å²) in [6, 6.07) is 6.14. The van der Waals surface area contributed by atoms with E-state index in [1.807, 2.05) is 13.0 Å². The Hall–Kier alpha value is -1.81. The average Bonchev–Trinajstić information content (AvgIpc) is 2.74. The molecule has 0 aliphatic carbocycles. The second kappa shape index (κ2) is 5.89. The summed E-state index contributed by atoms with van der Waals surface area (Å²) < 4.78 is 10.9. The van der Waals surface area contributed by atoms with Gasteiger partial charge in [0.25, 0.3) is 0 Å². The zero-order chi connectivity index (χ0) is 13.8. The first kappa shape index (κ1) is 13.6. The van der Waals surface area contributed by atoms with Crippen LogP contribution in [0.4, 0.5) is 0 Å². The first-order valence-corrected chi connectivity index (χ1v) is 6.45. The van der Waals surface area contributed by atoms with Gasteiger partial charge in [-0.1, -0.05) is 17.3 Å². The number of nitrogens with zero attached hydrogens (tertiary/aromatic N) is 1. The summed E-state index contributed by atoms with van der Waals surface area (Å²) in [6.07, 6.45) is 0.893. The molecule has 2 rings (SSSR count). The Labute approximate surface area is 113 Å². The minimum Gasteiger partial charge on any atom is -0.487 e. The summed E-state index contributed by atoms with van der Waals surface area (Å²) in [5.41, 5.74) is 9.90. The van der Waals surface area contributed by atoms with Crippen molar-refractivity contribution in [3.8, 4) is 5.75 Å². The van der Waals surface area contributed by atoms with Crippen LogP contribution in [-0.4, -0.2) is 11.7 Å². The maximum Gasteiger partial charge on any atom is 0.134 e. The van der Waals surface area contributed by atoms with Crippen LogP contribution in [0.1, 0.15) is 28.1 Å². The van der Waals surface area contributed by atoms with E-state index in [9.17, 15) is 0 Å². The molecule has 0 radical (unpaired) electrons. The van der Waals surface area contributed by atoms with Gasteiger partial charge < -0.3 is 15.0 Å². The van der Waals surface area contributed by atoms with Gasteiger partial charge in [-0.15, -0.1) is 0 Å². The highest BCUT2D eigenvalue weighted by Crippen LogP contribution is 2.25. The molecule has 102 valence electrons. The second-order valence-electron chi connectivity index (χ2n) is 4.81. The smallest absolute Gasteiger partial charge is 0.134 e. The van der Waals surface area contributed by atoms with Gasteiger partial charge >= 0.3 is 0 Å². The highest BCUT2D eigenvalue weighted by Gasteiger charge is 2.08. The number of ether oxygens (including phenoxy) is 1. The van der Waals surface area contributed by atoms with Crippen molar-refractivity contribution in [1.29, 1.82) is 0 Å². The molecule has 0 fully saturated rings. The highest BCUT2D eigenvalue weighted by atomic mass is 16.5. The van der Waals surface area contributed by atoms with E-state index < -0.39 is 0 Å². The molecule has 0 spiro atoms. The molecule has 4 heteroatoms. The normalized spacial score (nSPS) is 10.7. The zero-order valence-electron chi connectivity index (χ0n) is 11.7. The molecule has 0 aliphatic rings. The van der Waals surface area contributed by atoms with Crippen molar-refractivity contribution in [2.45, 2.75) is 33.8 Å². The van der Waals surface area contributed by atoms with Crippen molar-refractivity contribution in [2.75, 3.05) is 6.54 Å². The van der Waals surface area contributed by atoms with Crippen LogP contribution >= 0.6 is 0 Å². The van der Waals surface area contributed by atoms with Crippen LogP contribution in [0.5, 0.6) is 5.75 Å². The fourth-order valence-corrected chi connectivity index (χ4v) is 2.21. The molecule has 2 N–H and O–H groups in total. The minimum absolute atomic E-state index is 0.426. The van der Waals surface area contributed by atoms with E-state index in [1.54, 1.807) is 0 Å². The number of hydrogen-bond donors (Lipinski definition) is 1. The van der Waals surface area contributed by atoms with Crippen molar-refractivity contribution >= 4 is 0 Å². The van der Waals surface area contributed by atoms with Gasteiger partial charge in [0, 0.05) is 6.07 Å². The van der Waals surface area contributed by atoms with Crippen LogP contribution in [0.2, 0.25) is 0 Å². The van der Waals surface area contributed by atoms with E-state index in [4.69, 9.17) is 15.0 Å². The lowest BCUT2D eigenvalue weighted by Gasteiger charge is -2.13. The molecule has 19 heavy (non-hydrogen) atoms. The first-order valence-electron chi connectivity index (χ1n) is 6.45. The zero-order valence-corrected chi connectivity index (χ0v) is 11.7. The van der Waals surface area contributed by atoms with Crippen molar-refractivity contribution in [2.24, 2.45) is 5.73 Å². The monoisotopic (exact) mass is 260 g/mol. The molecule has 0 aliphatic heterocycles. The summed E-state index contributed by atoms with van der Waals surface area (Å²) in [6.45, 7) is 7.06. The van der Waals surface area contributed by atoms with Gasteiger partial charge in [0.2, 0.25) is 0 Å². The number of hydrogen-bond acceptors (Lipinski definition) is 4. The number of rotatable bonds is 5. The van der Waals surface area contributed by atoms with Gasteiger partial charge in [0.05, 0.1) is 0 Å². The van der Waals surface area contributed by atoms with Gasteiger partial charge in [-0.2, -0.15) is 0 Å². The van der Waals surface area contributed by atoms with Crippen LogP contribution in [-0.2, 0) is 13.0 Å². The van der Waals surface area contributed by atoms with Crippen molar-refractivity contribution in [3.63, 3.8) is 0 Å². The van der Waals surface area contributed by atoms with E-state index in [0.29, 0.717) is 13.2 Å². The van der Waals surface area contributed by atoms with E-state index >= 15 is 0 Å². The van der Waals surface area contributed by atoms with E-state index in [1.165, 1.54) is 5.56 Å². The third kappa shape index (κ3) is 3.35. The summed E-state index contributed by atoms with van der Waals surface area (Å²) >= 11 is 0. The molecular weight excluding hydrogens is 240 g/mol. The second-order valence-corrected chi connectivity index (χ2v) is 4.81. The predicted molar refractivity (Wildman–Crippen MR) is 74.2 cm³/mol. The third-order valence-corrected chi connectivity index (χ3v) is 2.99. The first-order chi connectivity index (χ1) is 9.10. The Morgan fingerprint density at radius 3 is 2.37 bits per heavy atom. The topological polar surface area (TPSA) is 61.3 Å². The molecule has 0 saturated heterocycles. The van der Waals surface area contributed by atoms with Gasteiger partial charge in [0.15, 0.2) is 0 Å². The molecule has 1 heterocycles. The maximum absolute atomic E-state index is 5.85. The minimum atomic E-state index is 0.426. The van der Waals surface area contributed by atoms with E-state index in [2.05, 4.69) is 31.1 Å². The fraction of sp³-hybridized carbons (Fsp3) is 0.400. The third-order valence-electron chi connectivity index (χ3n) is 2.99. The maximum atomic E-state index is 5.85. The number of nitrogens with two attached hydrogens (primary N) is 1. The highest BCUT2D eigenvalue weighted by molar-refractivity contribution is 5.43. The molecule has 2 aromatic rings. The average molecular weight is 260 g/mol. The van der Waals surface area contributed by atoms with Gasteiger partial charge in [-0.3, -0.25) is 0 Å². The van der Waals surface area contributed by atoms with Crippen molar-refractivity contribution in [3.05, 3.63) is 46.3 Å². The molecular formula is C15H20N2O2. The fourth-order valence-electron chi connectivity index (χ4n) is 2.21. The largest absolute Gasteiger partial charge is 0.487 e. The van der Waals surface area contributed by atoms with Gasteiger partial charge in [0.1, 0.15) is 23.8 Å². The molecule has 1 aromatic heterocycles. The van der Waals surface area contributed by atoms with Crippen molar-refractivity contribution in [1.82, 2.24) is 5.16 Å². The lowest BCUT2D eigenvalue weighted by Crippen LogP contribution is -2.05. The Morgan fingerprint density at radius 1 is 1.16 bits per heavy atom. The van der Waals surface area contributed by atoms with Crippen LogP contribution in [0.15, 0.2) is 22.7 Å². The summed E-state index contributed by atoms with van der Waals surface area (Å²) in [5.74, 6) is 1.71. The Kier molecular flexibility index (Phi) is 4.22. The summed E-state index contributed by atoms with van der Waals surface area (Å²) in [5, 5.41) is 3.92. The van der Waals surface area contributed by atoms with Gasteiger partial charge in [-0.25, -0.2) is 0 Å². The molecule has 0 amide bonds. The molecule has 0 bridgehead atoms. The number of benzene rings is 1. The van der Waals surface area contributed by atoms with Gasteiger partial charge in [-0.05, 0) is 50.4 Å². The Balaban J connectivity index is 2.11. The lowest BCUT2D eigenvalue weighted by atomic mass is 10.0. The Morgan fingerprint density at radius 2 is 1.84 bits per heavy atom. The van der Waals surface area contributed by atoms with Crippen LogP contribution < -0.4 is 10.5 Å². The molecule has 0 unspecified atom stereocenters. The predicted octanol–water partition coefficient (Wildman–Crippen LogP) is 2.68. The molecule has 0 atom stereocenters. The Bertz CT molecular complexity index is 538. The quantitative estimate of drug-likeness (QED) is 0.897. The standard InChI is InChI=1S/C15H20N2O2/c1-10-6-13(4-5-16)7-11(2)15(10)18-9-14-8-12(3)19-17-14/h6-8H,4-5,9,16H2,1-3H3. The van der Waals surface area contributed by atoms with Crippen LogP contribution in [0, 0.1) is 20.8 Å². The van der Waals surface area contributed by atoms with E-state index in [-0.39, 0.29) is 0 Å².